The smallest absolute Gasteiger partial charge is 0.311 e. The van der Waals surface area contributed by atoms with Gasteiger partial charge in [0.25, 0.3) is 5.89 Å². The van der Waals surface area contributed by atoms with Crippen molar-refractivity contribution in [3.05, 3.63) is 66.2 Å². The maximum Gasteiger partial charge on any atom is 0.311 e. The lowest BCUT2D eigenvalue weighted by Gasteiger charge is -2.09. The van der Waals surface area contributed by atoms with Crippen molar-refractivity contribution in [3.8, 4) is 17.2 Å². The number of H-pyrrole nitrogens is 1. The molecule has 0 bridgehead atoms. The number of methoxy groups -OCH3 is 1. The number of nitrogens with one attached hydrogen (secondary N) is 1. The monoisotopic (exact) mass is 377 g/mol. The van der Waals surface area contributed by atoms with Crippen LogP contribution in [0.2, 0.25) is 0 Å². The van der Waals surface area contributed by atoms with Gasteiger partial charge in [0.15, 0.2) is 6.10 Å². The Hall–Kier alpha value is -3.61. The Balaban J connectivity index is 1.42. The number of hydrogen-bond acceptors (Lipinski definition) is 6. The highest BCUT2D eigenvalue weighted by Gasteiger charge is 2.20. The first kappa shape index (κ1) is 17.8. The third-order valence-corrected chi connectivity index (χ3v) is 4.44. The van der Waals surface area contributed by atoms with Gasteiger partial charge in [-0.2, -0.15) is 0 Å². The second kappa shape index (κ2) is 7.56. The summed E-state index contributed by atoms with van der Waals surface area (Å²) in [5.74, 6) is 0.986. The number of hydrogen-bond donors (Lipinski definition) is 1. The Morgan fingerprint density at radius 3 is 2.71 bits per heavy atom. The molecule has 0 radical (unpaired) electrons. The van der Waals surface area contributed by atoms with Crippen LogP contribution >= 0.6 is 0 Å². The van der Waals surface area contributed by atoms with E-state index in [4.69, 9.17) is 13.9 Å². The van der Waals surface area contributed by atoms with E-state index in [0.717, 1.165) is 27.8 Å². The van der Waals surface area contributed by atoms with Gasteiger partial charge in [0.05, 0.1) is 13.5 Å². The average Bonchev–Trinajstić information content (AvgIpc) is 3.36. The standard InChI is InChI=1S/C21H19N3O4/c1-13(20-23-24-21(28-20)14-7-9-16(26-2)10-8-14)27-19(25)11-15-12-22-18-6-4-3-5-17(15)18/h3-10,12-13,22H,11H2,1-2H3/t13-/m1/s1. The number of fused-ring (bicyclic) bond motifs is 1. The van der Waals surface area contributed by atoms with E-state index in [1.54, 1.807) is 14.0 Å². The van der Waals surface area contributed by atoms with Crippen molar-refractivity contribution in [3.63, 3.8) is 0 Å². The molecule has 0 amide bonds. The number of nitrogens with zero attached hydrogens (tertiary/aromatic N) is 2. The predicted octanol–water partition coefficient (Wildman–Crippen LogP) is 4.07. The zero-order chi connectivity index (χ0) is 19.5. The summed E-state index contributed by atoms with van der Waals surface area (Å²) in [6, 6.07) is 15.1. The lowest BCUT2D eigenvalue weighted by Crippen LogP contribution is -2.11. The van der Waals surface area contributed by atoms with E-state index in [-0.39, 0.29) is 18.3 Å². The van der Waals surface area contributed by atoms with E-state index < -0.39 is 6.10 Å². The predicted molar refractivity (Wildman–Crippen MR) is 103 cm³/mol. The molecule has 142 valence electrons. The molecule has 2 aromatic heterocycles. The van der Waals surface area contributed by atoms with Gasteiger partial charge in [-0.3, -0.25) is 4.79 Å². The molecule has 0 aliphatic rings. The maximum atomic E-state index is 12.3. The summed E-state index contributed by atoms with van der Waals surface area (Å²) in [5, 5.41) is 9.04. The molecule has 7 heteroatoms. The molecular formula is C21H19N3O4. The highest BCUT2D eigenvalue weighted by atomic mass is 16.6. The minimum absolute atomic E-state index is 0.161. The van der Waals surface area contributed by atoms with E-state index in [0.29, 0.717) is 5.89 Å². The van der Waals surface area contributed by atoms with E-state index in [1.807, 2.05) is 54.7 Å². The Labute approximate surface area is 161 Å². The SMILES string of the molecule is COc1ccc(-c2nnc([C@@H](C)OC(=O)Cc3c[nH]c4ccccc34)o2)cc1. The molecule has 0 fully saturated rings. The highest BCUT2D eigenvalue weighted by Crippen LogP contribution is 2.25. The van der Waals surface area contributed by atoms with Gasteiger partial charge >= 0.3 is 5.97 Å². The number of aromatic amines is 1. The van der Waals surface area contributed by atoms with Gasteiger partial charge in [-0.05, 0) is 42.8 Å². The minimum Gasteiger partial charge on any atom is -0.497 e. The van der Waals surface area contributed by atoms with Gasteiger partial charge in [0.2, 0.25) is 5.89 Å². The molecule has 2 aromatic carbocycles. The zero-order valence-electron chi connectivity index (χ0n) is 15.5. The summed E-state index contributed by atoms with van der Waals surface area (Å²) in [6.07, 6.45) is 1.34. The normalized spacial score (nSPS) is 12.1. The summed E-state index contributed by atoms with van der Waals surface area (Å²) in [4.78, 5) is 15.5. The van der Waals surface area contributed by atoms with Crippen LogP contribution in [0.1, 0.15) is 24.5 Å². The van der Waals surface area contributed by atoms with Crippen LogP contribution in [0.4, 0.5) is 0 Å². The summed E-state index contributed by atoms with van der Waals surface area (Å²) < 4.78 is 16.3. The summed E-state index contributed by atoms with van der Waals surface area (Å²) in [7, 11) is 1.60. The Morgan fingerprint density at radius 2 is 1.93 bits per heavy atom. The molecule has 0 saturated heterocycles. The van der Waals surface area contributed by atoms with E-state index in [1.165, 1.54) is 0 Å². The van der Waals surface area contributed by atoms with E-state index >= 15 is 0 Å². The molecule has 0 spiro atoms. The van der Waals surface area contributed by atoms with Crippen molar-refractivity contribution in [2.45, 2.75) is 19.4 Å². The number of ether oxygens (including phenoxy) is 2. The van der Waals surface area contributed by atoms with E-state index in [2.05, 4.69) is 15.2 Å². The number of para-hydroxylation sites is 1. The van der Waals surface area contributed by atoms with Crippen molar-refractivity contribution in [1.29, 1.82) is 0 Å². The first-order valence-corrected chi connectivity index (χ1v) is 8.86. The second-order valence-electron chi connectivity index (χ2n) is 6.34. The number of carbonyl (C=O) groups is 1. The van der Waals surface area contributed by atoms with Crippen LogP contribution in [0.15, 0.2) is 59.1 Å². The first-order valence-electron chi connectivity index (χ1n) is 8.86. The van der Waals surface area contributed by atoms with E-state index in [9.17, 15) is 4.79 Å². The Morgan fingerprint density at radius 1 is 1.14 bits per heavy atom. The fourth-order valence-electron chi connectivity index (χ4n) is 2.97. The minimum atomic E-state index is -0.641. The number of aromatic nitrogens is 3. The Bertz CT molecular complexity index is 1100. The van der Waals surface area contributed by atoms with Crippen molar-refractivity contribution >= 4 is 16.9 Å². The van der Waals surface area contributed by atoms with Crippen LogP contribution in [0.5, 0.6) is 5.75 Å². The molecule has 1 atom stereocenters. The lowest BCUT2D eigenvalue weighted by molar-refractivity contribution is -0.148. The van der Waals surface area contributed by atoms with Gasteiger partial charge in [-0.25, -0.2) is 0 Å². The van der Waals surface area contributed by atoms with Crippen LogP contribution in [0, 0.1) is 0 Å². The lowest BCUT2D eigenvalue weighted by atomic mass is 10.1. The summed E-state index contributed by atoms with van der Waals surface area (Å²) >= 11 is 0. The maximum absolute atomic E-state index is 12.3. The van der Waals surface area contributed by atoms with Crippen molar-refractivity contribution < 1.29 is 18.7 Å². The topological polar surface area (TPSA) is 90.2 Å². The highest BCUT2D eigenvalue weighted by molar-refractivity contribution is 5.87. The molecule has 4 aromatic rings. The third kappa shape index (κ3) is 3.59. The van der Waals surface area contributed by atoms with Crippen LogP contribution in [-0.4, -0.2) is 28.3 Å². The quantitative estimate of drug-likeness (QED) is 0.509. The molecule has 0 aliphatic carbocycles. The molecule has 0 unspecified atom stereocenters. The average molecular weight is 377 g/mol. The molecule has 0 aliphatic heterocycles. The van der Waals surface area contributed by atoms with Crippen LogP contribution in [-0.2, 0) is 16.0 Å². The largest absolute Gasteiger partial charge is 0.497 e. The number of rotatable bonds is 6. The number of carbonyl (C=O) groups excluding carboxylic acids is 1. The molecule has 7 nitrogen and oxygen atoms in total. The zero-order valence-corrected chi connectivity index (χ0v) is 15.5. The van der Waals surface area contributed by atoms with Crippen LogP contribution < -0.4 is 4.74 Å². The number of benzene rings is 2. The van der Waals surface area contributed by atoms with Gasteiger partial charge in [0.1, 0.15) is 5.75 Å². The van der Waals surface area contributed by atoms with Crippen LogP contribution in [0.25, 0.3) is 22.4 Å². The van der Waals surface area contributed by atoms with Gasteiger partial charge < -0.3 is 18.9 Å². The van der Waals surface area contributed by atoms with Gasteiger partial charge in [0, 0.05) is 22.7 Å². The molecule has 4 rings (SSSR count). The Kier molecular flexibility index (Phi) is 4.80. The van der Waals surface area contributed by atoms with Crippen molar-refractivity contribution in [2.75, 3.05) is 7.11 Å². The van der Waals surface area contributed by atoms with Crippen molar-refractivity contribution in [2.24, 2.45) is 0 Å². The molecule has 0 saturated carbocycles. The molecular weight excluding hydrogens is 358 g/mol. The fraction of sp³-hybridized carbons (Fsp3) is 0.190. The fourth-order valence-corrected chi connectivity index (χ4v) is 2.97. The summed E-state index contributed by atoms with van der Waals surface area (Å²) in [6.45, 7) is 1.71. The molecule has 2 heterocycles. The van der Waals surface area contributed by atoms with Crippen molar-refractivity contribution in [1.82, 2.24) is 15.2 Å². The third-order valence-electron chi connectivity index (χ3n) is 4.44. The first-order chi connectivity index (χ1) is 13.6. The van der Waals surface area contributed by atoms with Gasteiger partial charge in [-0.15, -0.1) is 10.2 Å². The molecule has 28 heavy (non-hydrogen) atoms. The summed E-state index contributed by atoms with van der Waals surface area (Å²) in [5.41, 5.74) is 2.63. The second-order valence-corrected chi connectivity index (χ2v) is 6.34. The van der Waals surface area contributed by atoms with Gasteiger partial charge in [-0.1, -0.05) is 18.2 Å². The molecule has 1 N–H and O–H groups in total. The van der Waals surface area contributed by atoms with Crippen LogP contribution in [0.3, 0.4) is 0 Å². The number of esters is 1.